The Morgan fingerprint density at radius 2 is 1.38 bits per heavy atom. The van der Waals surface area contributed by atoms with E-state index < -0.39 is 16.5 Å². The van der Waals surface area contributed by atoms with Gasteiger partial charge in [0.15, 0.2) is 9.84 Å². The molecular weight excluding hydrogens is 330 g/mol. The van der Waals surface area contributed by atoms with E-state index >= 15 is 0 Å². The van der Waals surface area contributed by atoms with Crippen LogP contribution in [0, 0.1) is 11.7 Å². The first-order chi connectivity index (χ1) is 11.4. The van der Waals surface area contributed by atoms with Crippen molar-refractivity contribution in [3.63, 3.8) is 0 Å². The van der Waals surface area contributed by atoms with Crippen molar-refractivity contribution in [2.24, 2.45) is 5.92 Å². The van der Waals surface area contributed by atoms with Gasteiger partial charge in [-0.05, 0) is 65.3 Å². The van der Waals surface area contributed by atoms with Crippen molar-refractivity contribution in [1.82, 2.24) is 0 Å². The van der Waals surface area contributed by atoms with Gasteiger partial charge in [-0.1, -0.05) is 24.3 Å². The summed E-state index contributed by atoms with van der Waals surface area (Å²) in [7, 11) is -3.25. The van der Waals surface area contributed by atoms with Crippen molar-refractivity contribution in [3.05, 3.63) is 65.5 Å². The molecule has 0 spiro atoms. The maximum Gasteiger partial charge on any atom is 0.175 e. The van der Waals surface area contributed by atoms with E-state index in [0.29, 0.717) is 12.8 Å². The molecule has 0 saturated carbocycles. The molecule has 0 aromatic heterocycles. The average molecular weight is 348 g/mol. The predicted molar refractivity (Wildman–Crippen MR) is 91.5 cm³/mol. The Hall–Kier alpha value is -2.01. The first-order valence-corrected chi connectivity index (χ1v) is 9.62. The molecule has 2 aromatic rings. The van der Waals surface area contributed by atoms with Crippen molar-refractivity contribution in [2.75, 3.05) is 12.9 Å². The van der Waals surface area contributed by atoms with Crippen LogP contribution < -0.4 is 0 Å². The fourth-order valence-corrected chi connectivity index (χ4v) is 3.77. The van der Waals surface area contributed by atoms with Crippen LogP contribution >= 0.6 is 0 Å². The molecule has 5 heteroatoms. The molecular formula is C19H18F2O2S. The number of sulfone groups is 1. The number of rotatable bonds is 4. The van der Waals surface area contributed by atoms with Crippen molar-refractivity contribution >= 4 is 21.0 Å². The summed E-state index contributed by atoms with van der Waals surface area (Å²) in [5.74, 6) is -0.395. The zero-order chi connectivity index (χ0) is 17.3. The van der Waals surface area contributed by atoms with Gasteiger partial charge in [-0.15, -0.1) is 0 Å². The molecule has 1 atom stereocenters. The van der Waals surface area contributed by atoms with Gasteiger partial charge in [-0.25, -0.2) is 12.8 Å². The third-order valence-electron chi connectivity index (χ3n) is 4.39. The van der Waals surface area contributed by atoms with Crippen LogP contribution in [0.3, 0.4) is 0 Å². The Labute approximate surface area is 140 Å². The Morgan fingerprint density at radius 3 is 1.79 bits per heavy atom. The van der Waals surface area contributed by atoms with Gasteiger partial charge in [0, 0.05) is 6.26 Å². The van der Waals surface area contributed by atoms with Crippen LogP contribution in [0.1, 0.15) is 24.0 Å². The molecule has 3 rings (SSSR count). The van der Waals surface area contributed by atoms with E-state index in [0.717, 1.165) is 22.3 Å². The zero-order valence-corrected chi connectivity index (χ0v) is 14.1. The molecule has 0 N–H and O–H groups in total. The van der Waals surface area contributed by atoms with Gasteiger partial charge in [0.2, 0.25) is 0 Å². The third-order valence-corrected chi connectivity index (χ3v) is 5.52. The molecule has 0 heterocycles. The van der Waals surface area contributed by atoms with Gasteiger partial charge in [0.25, 0.3) is 0 Å². The lowest BCUT2D eigenvalue weighted by Crippen LogP contribution is -1.98. The van der Waals surface area contributed by atoms with Crippen LogP contribution in [0.4, 0.5) is 8.78 Å². The lowest BCUT2D eigenvalue weighted by atomic mass is 9.97. The fourth-order valence-electron chi connectivity index (χ4n) is 3.14. The summed E-state index contributed by atoms with van der Waals surface area (Å²) in [6.45, 7) is -0.407. The number of alkyl halides is 1. The maximum atomic E-state index is 13.2. The first-order valence-electron chi connectivity index (χ1n) is 7.73. The molecule has 24 heavy (non-hydrogen) atoms. The van der Waals surface area contributed by atoms with Gasteiger partial charge in [0.1, 0.15) is 5.82 Å². The van der Waals surface area contributed by atoms with Crippen molar-refractivity contribution in [3.8, 4) is 0 Å². The number of hydrogen-bond acceptors (Lipinski definition) is 2. The predicted octanol–water partition coefficient (Wildman–Crippen LogP) is 4.52. The summed E-state index contributed by atoms with van der Waals surface area (Å²) in [6, 6.07) is 12.9. The highest BCUT2D eigenvalue weighted by Gasteiger charge is 2.26. The van der Waals surface area contributed by atoms with E-state index in [1.165, 1.54) is 18.4 Å². The molecule has 0 radical (unpaired) electrons. The Morgan fingerprint density at radius 1 is 0.917 bits per heavy atom. The maximum absolute atomic E-state index is 13.2. The molecule has 0 bridgehead atoms. The molecule has 1 aliphatic rings. The monoisotopic (exact) mass is 348 g/mol. The molecule has 126 valence electrons. The molecule has 0 fully saturated rings. The largest absolute Gasteiger partial charge is 0.251 e. The number of benzene rings is 2. The van der Waals surface area contributed by atoms with E-state index in [4.69, 9.17) is 0 Å². The van der Waals surface area contributed by atoms with Gasteiger partial charge in [-0.2, -0.15) is 0 Å². The second kappa shape index (κ2) is 6.48. The van der Waals surface area contributed by atoms with Crippen molar-refractivity contribution < 1.29 is 17.2 Å². The Balaban J connectivity index is 2.04. The van der Waals surface area contributed by atoms with E-state index in [2.05, 4.69) is 0 Å². The summed E-state index contributed by atoms with van der Waals surface area (Å²) in [4.78, 5) is 0.259. The Kier molecular flexibility index (Phi) is 4.54. The smallest absolute Gasteiger partial charge is 0.175 e. The van der Waals surface area contributed by atoms with Crippen molar-refractivity contribution in [2.45, 2.75) is 17.7 Å². The number of allylic oxidation sites excluding steroid dienone is 2. The molecule has 0 aliphatic heterocycles. The highest BCUT2D eigenvalue weighted by molar-refractivity contribution is 7.90. The van der Waals surface area contributed by atoms with Crippen LogP contribution in [0.25, 0.3) is 11.1 Å². The van der Waals surface area contributed by atoms with Gasteiger partial charge in [0.05, 0.1) is 11.6 Å². The zero-order valence-electron chi connectivity index (χ0n) is 13.3. The summed E-state index contributed by atoms with van der Waals surface area (Å²) in [5.41, 5.74) is 3.78. The first kappa shape index (κ1) is 16.8. The summed E-state index contributed by atoms with van der Waals surface area (Å²) >= 11 is 0. The van der Waals surface area contributed by atoms with Crippen LogP contribution in [0.2, 0.25) is 0 Å². The van der Waals surface area contributed by atoms with E-state index in [1.54, 1.807) is 36.4 Å². The summed E-state index contributed by atoms with van der Waals surface area (Å²) in [5, 5.41) is 0. The van der Waals surface area contributed by atoms with E-state index in [-0.39, 0.29) is 16.6 Å². The minimum absolute atomic E-state index is 0.0883. The Bertz CT molecular complexity index is 867. The number of halogens is 2. The standard InChI is InChI=1S/C19H18F2O2S/c1-24(22,23)17-8-4-15(5-9-17)19-11-13(12-20)10-18(19)14-2-6-16(21)7-3-14/h2-9,13H,10-12H2,1H3. The third kappa shape index (κ3) is 3.41. The highest BCUT2D eigenvalue weighted by atomic mass is 32.2. The molecule has 0 saturated heterocycles. The molecule has 2 aromatic carbocycles. The van der Waals surface area contributed by atoms with Gasteiger partial charge in [-0.3, -0.25) is 4.39 Å². The molecule has 1 aliphatic carbocycles. The lowest BCUT2D eigenvalue weighted by molar-refractivity contribution is 0.379. The topological polar surface area (TPSA) is 34.1 Å². The second-order valence-electron chi connectivity index (χ2n) is 6.19. The minimum Gasteiger partial charge on any atom is -0.251 e. The normalized spacial score (nSPS) is 18.2. The number of hydrogen-bond donors (Lipinski definition) is 0. The summed E-state index contributed by atoms with van der Waals surface area (Å²) < 4.78 is 49.5. The van der Waals surface area contributed by atoms with Gasteiger partial charge < -0.3 is 0 Å². The quantitative estimate of drug-likeness (QED) is 0.814. The van der Waals surface area contributed by atoms with E-state index in [9.17, 15) is 17.2 Å². The van der Waals surface area contributed by atoms with Crippen LogP contribution in [-0.2, 0) is 9.84 Å². The molecule has 2 nitrogen and oxygen atoms in total. The average Bonchev–Trinajstić information content (AvgIpc) is 2.99. The van der Waals surface area contributed by atoms with Crippen molar-refractivity contribution in [1.29, 1.82) is 0 Å². The van der Waals surface area contributed by atoms with Gasteiger partial charge >= 0.3 is 0 Å². The van der Waals surface area contributed by atoms with Crippen LogP contribution in [0.5, 0.6) is 0 Å². The van der Waals surface area contributed by atoms with Crippen LogP contribution in [-0.4, -0.2) is 21.3 Å². The highest BCUT2D eigenvalue weighted by Crippen LogP contribution is 2.43. The van der Waals surface area contributed by atoms with E-state index in [1.807, 2.05) is 0 Å². The molecule has 0 amide bonds. The summed E-state index contributed by atoms with van der Waals surface area (Å²) in [6.07, 6.45) is 2.37. The molecule has 1 unspecified atom stereocenters. The lowest BCUT2D eigenvalue weighted by Gasteiger charge is -2.09. The fraction of sp³-hybridized carbons (Fsp3) is 0.263. The SMILES string of the molecule is CS(=O)(=O)c1ccc(C2=C(c3ccc(F)cc3)CC(CF)C2)cc1. The second-order valence-corrected chi connectivity index (χ2v) is 8.20. The minimum atomic E-state index is -3.25. The van der Waals surface area contributed by atoms with Crippen LogP contribution in [0.15, 0.2) is 53.4 Å².